The summed E-state index contributed by atoms with van der Waals surface area (Å²) in [6, 6.07) is 18.2. The molecule has 2 unspecified atom stereocenters. The molecule has 2 atom stereocenters. The van der Waals surface area contributed by atoms with Gasteiger partial charge < -0.3 is 25.8 Å². The summed E-state index contributed by atoms with van der Waals surface area (Å²) < 4.78 is 0. The number of hydrogen-bond acceptors (Lipinski definition) is 4. The van der Waals surface area contributed by atoms with Crippen LogP contribution in [-0.4, -0.2) is 65.9 Å². The van der Waals surface area contributed by atoms with Crippen molar-refractivity contribution in [2.45, 2.75) is 31.7 Å². The molecule has 5 rings (SSSR count). The maximum absolute atomic E-state index is 13.5. The van der Waals surface area contributed by atoms with Crippen molar-refractivity contribution in [2.24, 2.45) is 11.7 Å². The Hall–Kier alpha value is -3.16. The molecule has 0 aliphatic carbocycles. The number of nitrogens with two attached hydrogens (primary N) is 1. The van der Waals surface area contributed by atoms with Crippen LogP contribution < -0.4 is 11.1 Å². The first-order chi connectivity index (χ1) is 17.1. The fraction of sp³-hybridized carbons (Fsp3) is 0.429. The molecule has 2 amide bonds. The molecule has 35 heavy (non-hydrogen) atoms. The third-order valence-corrected chi connectivity index (χ3v) is 7.54. The van der Waals surface area contributed by atoms with E-state index in [9.17, 15) is 9.59 Å². The molecule has 2 aliphatic rings. The lowest BCUT2D eigenvalue weighted by molar-refractivity contribution is -0.136. The molecule has 0 bridgehead atoms. The highest BCUT2D eigenvalue weighted by Crippen LogP contribution is 2.37. The molecular formula is C28H35N5O2. The predicted octanol–water partition coefficient (Wildman–Crippen LogP) is 3.08. The van der Waals surface area contributed by atoms with E-state index in [0.29, 0.717) is 17.9 Å². The Morgan fingerprint density at radius 2 is 1.80 bits per heavy atom. The second-order valence-electron chi connectivity index (χ2n) is 9.92. The Kier molecular flexibility index (Phi) is 7.16. The first-order valence-corrected chi connectivity index (χ1v) is 12.8. The van der Waals surface area contributed by atoms with E-state index in [1.165, 1.54) is 5.56 Å². The first kappa shape index (κ1) is 23.6. The van der Waals surface area contributed by atoms with E-state index in [-0.39, 0.29) is 11.9 Å². The highest BCUT2D eigenvalue weighted by atomic mass is 16.2. The van der Waals surface area contributed by atoms with Crippen LogP contribution in [0.25, 0.3) is 10.9 Å². The second-order valence-corrected chi connectivity index (χ2v) is 9.92. The monoisotopic (exact) mass is 473 g/mol. The summed E-state index contributed by atoms with van der Waals surface area (Å²) in [7, 11) is 0. The zero-order valence-corrected chi connectivity index (χ0v) is 20.2. The van der Waals surface area contributed by atoms with Crippen molar-refractivity contribution in [1.82, 2.24) is 20.1 Å². The van der Waals surface area contributed by atoms with Gasteiger partial charge in [-0.1, -0.05) is 30.3 Å². The predicted molar refractivity (Wildman–Crippen MR) is 138 cm³/mol. The van der Waals surface area contributed by atoms with Crippen molar-refractivity contribution in [2.75, 3.05) is 39.3 Å². The van der Waals surface area contributed by atoms with Crippen LogP contribution in [0, 0.1) is 5.92 Å². The minimum atomic E-state index is -0.431. The third-order valence-electron chi connectivity index (χ3n) is 7.54. The Morgan fingerprint density at radius 1 is 1.00 bits per heavy atom. The van der Waals surface area contributed by atoms with E-state index < -0.39 is 5.91 Å². The molecule has 0 saturated carbocycles. The van der Waals surface area contributed by atoms with Gasteiger partial charge in [-0.05, 0) is 55.0 Å². The quantitative estimate of drug-likeness (QED) is 0.492. The average molecular weight is 474 g/mol. The van der Waals surface area contributed by atoms with Gasteiger partial charge in [0.1, 0.15) is 0 Å². The SMILES string of the molecule is NC(=O)c1ccc2[nH]c(C3CC(Cc4ccccc4)CCN3C(=O)CCN3CCNCC3)cc2c1. The number of aromatic nitrogens is 1. The van der Waals surface area contributed by atoms with E-state index in [4.69, 9.17) is 5.73 Å². The Balaban J connectivity index is 1.37. The number of nitrogens with one attached hydrogen (secondary N) is 2. The van der Waals surface area contributed by atoms with Gasteiger partial charge in [0.25, 0.3) is 0 Å². The summed E-state index contributed by atoms with van der Waals surface area (Å²) in [6.07, 6.45) is 3.50. The Labute approximate surface area is 206 Å². The molecule has 7 heteroatoms. The molecule has 3 aromatic rings. The van der Waals surface area contributed by atoms with Crippen LogP contribution in [0.4, 0.5) is 0 Å². The minimum absolute atomic E-state index is 0.00240. The van der Waals surface area contributed by atoms with Gasteiger partial charge in [0.05, 0.1) is 6.04 Å². The lowest BCUT2D eigenvalue weighted by atomic mass is 9.84. The molecule has 0 radical (unpaired) electrons. The summed E-state index contributed by atoms with van der Waals surface area (Å²) >= 11 is 0. The standard InChI is InChI=1S/C28H35N5O2/c29-28(35)22-6-7-24-23(18-22)19-25(31-24)26-17-21(16-20-4-2-1-3-5-20)8-13-33(26)27(34)9-12-32-14-10-30-11-15-32/h1-7,18-19,21,26,30-31H,8-17H2,(H2,29,35). The number of piperazine rings is 1. The molecule has 3 heterocycles. The maximum Gasteiger partial charge on any atom is 0.248 e. The number of aromatic amines is 1. The highest BCUT2D eigenvalue weighted by molar-refractivity contribution is 5.97. The lowest BCUT2D eigenvalue weighted by Gasteiger charge is -2.40. The highest BCUT2D eigenvalue weighted by Gasteiger charge is 2.33. The largest absolute Gasteiger partial charge is 0.366 e. The summed E-state index contributed by atoms with van der Waals surface area (Å²) in [4.78, 5) is 33.1. The van der Waals surface area contributed by atoms with Crippen LogP contribution in [0.3, 0.4) is 0 Å². The number of benzene rings is 2. The lowest BCUT2D eigenvalue weighted by Crippen LogP contribution is -2.46. The fourth-order valence-electron chi connectivity index (χ4n) is 5.58. The molecule has 2 aliphatic heterocycles. The topological polar surface area (TPSA) is 94.5 Å². The van der Waals surface area contributed by atoms with Crippen molar-refractivity contribution in [1.29, 1.82) is 0 Å². The molecular weight excluding hydrogens is 438 g/mol. The number of carbonyl (C=O) groups excluding carboxylic acids is 2. The van der Waals surface area contributed by atoms with Gasteiger partial charge in [0.2, 0.25) is 11.8 Å². The zero-order chi connectivity index (χ0) is 24.2. The number of piperidine rings is 1. The molecule has 184 valence electrons. The summed E-state index contributed by atoms with van der Waals surface area (Å²) in [5.41, 5.74) is 9.33. The van der Waals surface area contributed by atoms with Crippen LogP contribution in [0.5, 0.6) is 0 Å². The van der Waals surface area contributed by atoms with Gasteiger partial charge in [0, 0.05) is 67.8 Å². The van der Waals surface area contributed by atoms with Gasteiger partial charge in [-0.3, -0.25) is 9.59 Å². The minimum Gasteiger partial charge on any atom is -0.366 e. The normalized spacial score (nSPS) is 21.3. The summed E-state index contributed by atoms with van der Waals surface area (Å²) in [5.74, 6) is 0.301. The molecule has 2 fully saturated rings. The van der Waals surface area contributed by atoms with Gasteiger partial charge >= 0.3 is 0 Å². The summed E-state index contributed by atoms with van der Waals surface area (Å²) in [6.45, 7) is 5.56. The molecule has 2 saturated heterocycles. The van der Waals surface area contributed by atoms with Crippen molar-refractivity contribution >= 4 is 22.7 Å². The van der Waals surface area contributed by atoms with E-state index in [0.717, 1.165) is 75.1 Å². The third kappa shape index (κ3) is 5.57. The van der Waals surface area contributed by atoms with Crippen molar-refractivity contribution in [3.8, 4) is 0 Å². The number of likely N-dealkylation sites (tertiary alicyclic amines) is 1. The molecule has 0 spiro atoms. The van der Waals surface area contributed by atoms with Crippen LogP contribution in [0.15, 0.2) is 54.6 Å². The summed E-state index contributed by atoms with van der Waals surface area (Å²) in [5, 5.41) is 4.33. The number of rotatable bonds is 7. The first-order valence-electron chi connectivity index (χ1n) is 12.8. The molecule has 4 N–H and O–H groups in total. The van der Waals surface area contributed by atoms with E-state index in [1.54, 1.807) is 6.07 Å². The number of primary amides is 1. The molecule has 7 nitrogen and oxygen atoms in total. The van der Waals surface area contributed by atoms with Gasteiger partial charge in [0.15, 0.2) is 0 Å². The van der Waals surface area contributed by atoms with E-state index in [2.05, 4.69) is 56.5 Å². The number of H-pyrrole nitrogens is 1. The second kappa shape index (κ2) is 10.6. The molecule has 1 aromatic heterocycles. The maximum atomic E-state index is 13.5. The molecule has 2 aromatic carbocycles. The van der Waals surface area contributed by atoms with Crippen LogP contribution in [0.1, 0.15) is 46.9 Å². The van der Waals surface area contributed by atoms with Crippen LogP contribution >= 0.6 is 0 Å². The smallest absolute Gasteiger partial charge is 0.248 e. The van der Waals surface area contributed by atoms with Crippen LogP contribution in [-0.2, 0) is 11.2 Å². The van der Waals surface area contributed by atoms with Crippen molar-refractivity contribution in [3.05, 3.63) is 71.4 Å². The van der Waals surface area contributed by atoms with Gasteiger partial charge in [-0.25, -0.2) is 0 Å². The van der Waals surface area contributed by atoms with Gasteiger partial charge in [-0.2, -0.15) is 0 Å². The zero-order valence-electron chi connectivity index (χ0n) is 20.2. The van der Waals surface area contributed by atoms with Crippen molar-refractivity contribution in [3.63, 3.8) is 0 Å². The van der Waals surface area contributed by atoms with Gasteiger partial charge in [-0.15, -0.1) is 0 Å². The van der Waals surface area contributed by atoms with Crippen molar-refractivity contribution < 1.29 is 9.59 Å². The number of hydrogen-bond donors (Lipinski definition) is 3. The fourth-order valence-corrected chi connectivity index (χ4v) is 5.58. The van der Waals surface area contributed by atoms with E-state index >= 15 is 0 Å². The number of carbonyl (C=O) groups is 2. The Morgan fingerprint density at radius 3 is 2.57 bits per heavy atom. The Bertz CT molecular complexity index is 1170. The average Bonchev–Trinajstić information content (AvgIpc) is 3.32. The van der Waals surface area contributed by atoms with E-state index in [1.807, 2.05) is 12.1 Å². The number of nitrogens with zero attached hydrogens (tertiary/aromatic N) is 2. The van der Waals surface area contributed by atoms with Crippen LogP contribution in [0.2, 0.25) is 0 Å². The number of amides is 2. The number of fused-ring (bicyclic) bond motifs is 1.